The molecule has 0 fully saturated rings. The molecule has 1 N–H and O–H groups in total. The predicted molar refractivity (Wildman–Crippen MR) is 77.1 cm³/mol. The summed E-state index contributed by atoms with van der Waals surface area (Å²) in [4.78, 5) is 0. The van der Waals surface area contributed by atoms with E-state index in [1.54, 1.807) is 0 Å². The molecule has 0 saturated heterocycles. The summed E-state index contributed by atoms with van der Waals surface area (Å²) in [5, 5.41) is 9.61. The van der Waals surface area contributed by atoms with E-state index < -0.39 is 29.2 Å². The number of phenols is 1. The highest BCUT2D eigenvalue weighted by Gasteiger charge is 2.31. The Morgan fingerprint density at radius 2 is 1.28 bits per heavy atom. The average Bonchev–Trinajstić information content (AvgIpc) is 2.51. The molecule has 2 rings (SSSR count). The summed E-state index contributed by atoms with van der Waals surface area (Å²) in [6, 6.07) is 4.67. The highest BCUT2D eigenvalue weighted by molar-refractivity contribution is 5.55. The predicted octanol–water partition coefficient (Wildman–Crippen LogP) is 4.84. The van der Waals surface area contributed by atoms with Gasteiger partial charge in [-0.1, -0.05) is 11.8 Å². The first-order chi connectivity index (χ1) is 11.5. The Labute approximate surface area is 138 Å². The second-order valence-electron chi connectivity index (χ2n) is 4.89. The minimum Gasteiger partial charge on any atom is -0.507 e. The van der Waals surface area contributed by atoms with Crippen LogP contribution in [0.15, 0.2) is 36.4 Å². The summed E-state index contributed by atoms with van der Waals surface area (Å²) in [5.41, 5.74) is -2.56. The van der Waals surface area contributed by atoms with Gasteiger partial charge in [0, 0.05) is 0 Å². The zero-order valence-corrected chi connectivity index (χ0v) is 12.6. The number of phenolic OH excluding ortho intramolecular Hbond substituents is 1. The number of aromatic hydroxyl groups is 1. The van der Waals surface area contributed by atoms with Crippen molar-refractivity contribution < 1.29 is 36.2 Å². The number of hydrogen-bond acceptors (Lipinski definition) is 2. The SMILES string of the molecule is COc1ccc(C(F)(F)F)cc1C#Cc1cc(C(F)(F)F)ccc1O. The standard InChI is InChI=1S/C17H10F6O2/c1-25-15-7-5-13(17(21,22)23)9-11(15)3-2-10-8-12(16(18,19)20)4-6-14(10)24/h4-9,24H,1H3. The summed E-state index contributed by atoms with van der Waals surface area (Å²) in [5.74, 6) is 4.06. The summed E-state index contributed by atoms with van der Waals surface area (Å²) in [7, 11) is 1.22. The van der Waals surface area contributed by atoms with Crippen LogP contribution in [0.1, 0.15) is 22.3 Å². The Kier molecular flexibility index (Phi) is 4.88. The Morgan fingerprint density at radius 1 is 0.800 bits per heavy atom. The molecule has 0 radical (unpaired) electrons. The second kappa shape index (κ2) is 6.59. The molecule has 0 saturated carbocycles. The fourth-order valence-electron chi connectivity index (χ4n) is 1.93. The molecule has 132 valence electrons. The van der Waals surface area contributed by atoms with Crippen molar-refractivity contribution in [1.82, 2.24) is 0 Å². The van der Waals surface area contributed by atoms with Gasteiger partial charge in [0.25, 0.3) is 0 Å². The molecule has 25 heavy (non-hydrogen) atoms. The van der Waals surface area contributed by atoms with Crippen LogP contribution in [0.25, 0.3) is 0 Å². The summed E-state index contributed by atoms with van der Waals surface area (Å²) >= 11 is 0. The summed E-state index contributed by atoms with van der Waals surface area (Å²) in [6.45, 7) is 0. The molecule has 0 unspecified atom stereocenters. The Morgan fingerprint density at radius 3 is 1.80 bits per heavy atom. The van der Waals surface area contributed by atoms with Crippen molar-refractivity contribution in [3.8, 4) is 23.3 Å². The van der Waals surface area contributed by atoms with Gasteiger partial charge in [0.15, 0.2) is 0 Å². The molecule has 0 heterocycles. The lowest BCUT2D eigenvalue weighted by molar-refractivity contribution is -0.138. The van der Waals surface area contributed by atoms with Crippen LogP contribution in [-0.2, 0) is 12.4 Å². The van der Waals surface area contributed by atoms with E-state index in [9.17, 15) is 31.4 Å². The fourth-order valence-corrected chi connectivity index (χ4v) is 1.93. The van der Waals surface area contributed by atoms with Crippen molar-refractivity contribution in [2.24, 2.45) is 0 Å². The van der Waals surface area contributed by atoms with Crippen molar-refractivity contribution in [3.63, 3.8) is 0 Å². The minimum atomic E-state index is -4.64. The number of rotatable bonds is 1. The van der Waals surface area contributed by atoms with Gasteiger partial charge >= 0.3 is 12.4 Å². The highest BCUT2D eigenvalue weighted by Crippen LogP contribution is 2.33. The summed E-state index contributed by atoms with van der Waals surface area (Å²) in [6.07, 6.45) is -9.25. The third kappa shape index (κ3) is 4.38. The molecule has 0 bridgehead atoms. The number of alkyl halides is 6. The summed E-state index contributed by atoms with van der Waals surface area (Å²) < 4.78 is 81.3. The van der Waals surface area contributed by atoms with Crippen LogP contribution in [0.2, 0.25) is 0 Å². The van der Waals surface area contributed by atoms with Crippen LogP contribution in [-0.4, -0.2) is 12.2 Å². The lowest BCUT2D eigenvalue weighted by Crippen LogP contribution is -2.05. The van der Waals surface area contributed by atoms with Crippen molar-refractivity contribution in [2.75, 3.05) is 7.11 Å². The maximum absolute atomic E-state index is 12.8. The highest BCUT2D eigenvalue weighted by atomic mass is 19.4. The van der Waals surface area contributed by atoms with E-state index in [2.05, 4.69) is 11.8 Å². The molecular weight excluding hydrogens is 350 g/mol. The van der Waals surface area contributed by atoms with Gasteiger partial charge in [0.1, 0.15) is 11.5 Å². The van der Waals surface area contributed by atoms with Crippen LogP contribution in [0.3, 0.4) is 0 Å². The van der Waals surface area contributed by atoms with Gasteiger partial charge in [0.2, 0.25) is 0 Å². The monoisotopic (exact) mass is 360 g/mol. The maximum atomic E-state index is 12.8. The van der Waals surface area contributed by atoms with Crippen molar-refractivity contribution in [2.45, 2.75) is 12.4 Å². The Hall–Kier alpha value is -2.82. The molecule has 0 atom stereocenters. The van der Waals surface area contributed by atoms with Gasteiger partial charge < -0.3 is 9.84 Å². The lowest BCUT2D eigenvalue weighted by Gasteiger charge is -2.09. The lowest BCUT2D eigenvalue weighted by atomic mass is 10.1. The first kappa shape index (κ1) is 18.5. The number of hydrogen-bond donors (Lipinski definition) is 1. The molecule has 0 aliphatic rings. The molecular formula is C17H10F6O2. The van der Waals surface area contributed by atoms with E-state index in [1.807, 2.05) is 0 Å². The number of halogens is 6. The normalized spacial score (nSPS) is 11.6. The number of ether oxygens (including phenoxy) is 1. The van der Waals surface area contributed by atoms with E-state index in [4.69, 9.17) is 4.74 Å². The van der Waals surface area contributed by atoms with E-state index in [1.165, 1.54) is 7.11 Å². The first-order valence-electron chi connectivity index (χ1n) is 6.70. The molecule has 2 nitrogen and oxygen atoms in total. The van der Waals surface area contributed by atoms with Gasteiger partial charge in [-0.15, -0.1) is 0 Å². The van der Waals surface area contributed by atoms with Crippen molar-refractivity contribution in [3.05, 3.63) is 58.7 Å². The minimum absolute atomic E-state index is 0.0203. The molecule has 0 aromatic heterocycles. The average molecular weight is 360 g/mol. The largest absolute Gasteiger partial charge is 0.507 e. The fraction of sp³-hybridized carbons (Fsp3) is 0.176. The topological polar surface area (TPSA) is 29.5 Å². The van der Waals surface area contributed by atoms with Gasteiger partial charge in [0.05, 0.1) is 29.4 Å². The second-order valence-corrected chi connectivity index (χ2v) is 4.89. The van der Waals surface area contributed by atoms with E-state index in [0.717, 1.165) is 24.3 Å². The quantitative estimate of drug-likeness (QED) is 0.583. The maximum Gasteiger partial charge on any atom is 0.416 e. The zero-order valence-electron chi connectivity index (χ0n) is 12.6. The van der Waals surface area contributed by atoms with E-state index in [0.29, 0.717) is 12.1 Å². The molecule has 0 amide bonds. The molecule has 2 aromatic carbocycles. The zero-order chi connectivity index (χ0) is 18.8. The van der Waals surface area contributed by atoms with E-state index >= 15 is 0 Å². The van der Waals surface area contributed by atoms with Gasteiger partial charge in [-0.05, 0) is 36.4 Å². The Balaban J connectivity index is 2.51. The van der Waals surface area contributed by atoms with Crippen molar-refractivity contribution >= 4 is 0 Å². The third-order valence-corrected chi connectivity index (χ3v) is 3.18. The van der Waals surface area contributed by atoms with Crippen molar-refractivity contribution in [1.29, 1.82) is 0 Å². The number of benzene rings is 2. The first-order valence-corrected chi connectivity index (χ1v) is 6.70. The molecule has 8 heteroatoms. The van der Waals surface area contributed by atoms with Crippen LogP contribution in [0.4, 0.5) is 26.3 Å². The van der Waals surface area contributed by atoms with Gasteiger partial charge in [-0.3, -0.25) is 0 Å². The third-order valence-electron chi connectivity index (χ3n) is 3.18. The molecule has 0 spiro atoms. The van der Waals surface area contributed by atoms with Crippen LogP contribution in [0.5, 0.6) is 11.5 Å². The smallest absolute Gasteiger partial charge is 0.416 e. The number of methoxy groups -OCH3 is 1. The Bertz CT molecular complexity index is 841. The molecule has 0 aliphatic heterocycles. The van der Waals surface area contributed by atoms with Gasteiger partial charge in [-0.2, -0.15) is 26.3 Å². The van der Waals surface area contributed by atoms with Crippen LogP contribution >= 0.6 is 0 Å². The van der Waals surface area contributed by atoms with Crippen LogP contribution < -0.4 is 4.74 Å². The molecule has 2 aromatic rings. The van der Waals surface area contributed by atoms with Gasteiger partial charge in [-0.25, -0.2) is 0 Å². The molecule has 0 aliphatic carbocycles. The van der Waals surface area contributed by atoms with E-state index in [-0.39, 0.29) is 16.9 Å². The van der Waals surface area contributed by atoms with Crippen LogP contribution in [0, 0.1) is 11.8 Å².